The lowest BCUT2D eigenvalue weighted by molar-refractivity contribution is -0.684. The highest BCUT2D eigenvalue weighted by molar-refractivity contribution is 5.93. The van der Waals surface area contributed by atoms with E-state index in [4.69, 9.17) is 0 Å². The lowest BCUT2D eigenvalue weighted by Crippen LogP contribution is -2.45. The van der Waals surface area contributed by atoms with Crippen LogP contribution in [0.25, 0.3) is 0 Å². The number of nitrogens with zero attached hydrogens (tertiary/aromatic N) is 1. The molecule has 0 bridgehead atoms. The Morgan fingerprint density at radius 1 is 1.13 bits per heavy atom. The summed E-state index contributed by atoms with van der Waals surface area (Å²) in [6.07, 6.45) is 5.33. The van der Waals surface area contributed by atoms with Gasteiger partial charge in [-0.25, -0.2) is 0 Å². The first-order chi connectivity index (χ1) is 11.0. The molecule has 1 heterocycles. The molecule has 0 fully saturated rings. The summed E-state index contributed by atoms with van der Waals surface area (Å²) in [6, 6.07) is 13.9. The molecule has 0 aliphatic carbocycles. The molecule has 1 atom stereocenters. The first kappa shape index (κ1) is 16.9. The maximum Gasteiger partial charge on any atom is 0.286 e. The van der Waals surface area contributed by atoms with Crippen LogP contribution in [0, 0.1) is 0 Å². The Hall–Kier alpha value is -2.49. The minimum absolute atomic E-state index is 0.00372. The monoisotopic (exact) mass is 311 g/mol. The van der Waals surface area contributed by atoms with Crippen LogP contribution in [0.1, 0.15) is 36.2 Å². The van der Waals surface area contributed by atoms with Gasteiger partial charge in [-0.1, -0.05) is 30.3 Å². The summed E-state index contributed by atoms with van der Waals surface area (Å²) in [5.74, 6) is -0.0488. The van der Waals surface area contributed by atoms with Crippen molar-refractivity contribution in [3.8, 4) is 0 Å². The van der Waals surface area contributed by atoms with Crippen LogP contribution in [0.5, 0.6) is 0 Å². The van der Waals surface area contributed by atoms with Crippen molar-refractivity contribution in [3.05, 3.63) is 66.0 Å². The van der Waals surface area contributed by atoms with Gasteiger partial charge in [0, 0.05) is 12.1 Å². The van der Waals surface area contributed by atoms with Gasteiger partial charge in [-0.2, -0.15) is 4.57 Å². The molecule has 1 N–H and O–H groups in total. The van der Waals surface area contributed by atoms with Crippen molar-refractivity contribution >= 4 is 11.7 Å². The summed E-state index contributed by atoms with van der Waals surface area (Å²) in [7, 11) is 0. The fourth-order valence-electron chi connectivity index (χ4n) is 2.41. The van der Waals surface area contributed by atoms with Crippen molar-refractivity contribution in [2.45, 2.75) is 39.3 Å². The molecule has 0 aliphatic rings. The number of hydrogen-bond acceptors (Lipinski definition) is 2. The Kier molecular flexibility index (Phi) is 6.03. The van der Waals surface area contributed by atoms with E-state index >= 15 is 0 Å². The molecule has 0 spiro atoms. The Morgan fingerprint density at radius 3 is 2.57 bits per heavy atom. The average molecular weight is 311 g/mol. The largest absolute Gasteiger partial charge is 0.348 e. The van der Waals surface area contributed by atoms with Crippen LogP contribution >= 0.6 is 0 Å². The number of ketones is 1. The summed E-state index contributed by atoms with van der Waals surface area (Å²) in [4.78, 5) is 23.5. The van der Waals surface area contributed by atoms with E-state index in [-0.39, 0.29) is 24.3 Å². The van der Waals surface area contributed by atoms with Gasteiger partial charge in [0.1, 0.15) is 0 Å². The molecule has 2 rings (SSSR count). The summed E-state index contributed by atoms with van der Waals surface area (Å²) >= 11 is 0. The normalized spacial score (nSPS) is 11.7. The van der Waals surface area contributed by atoms with Gasteiger partial charge in [-0.05, 0) is 38.3 Å². The van der Waals surface area contributed by atoms with Gasteiger partial charge < -0.3 is 5.32 Å². The van der Waals surface area contributed by atoms with E-state index in [1.165, 1.54) is 12.5 Å². The zero-order valence-electron chi connectivity index (χ0n) is 13.7. The molecule has 120 valence electrons. The van der Waals surface area contributed by atoms with Gasteiger partial charge in [0.2, 0.25) is 6.54 Å². The number of pyridine rings is 1. The standard InChI is InChI=1S/C19H22N2O2/c1-15(10-11-17-7-4-3-5-8-17)20-19(23)14-21-12-6-9-18(13-21)16(2)22/h3-9,12-13,15H,10-11,14H2,1-2H3/p+1/t15-/m0/s1. The van der Waals surface area contributed by atoms with Crippen molar-refractivity contribution < 1.29 is 14.2 Å². The van der Waals surface area contributed by atoms with Gasteiger partial charge >= 0.3 is 0 Å². The highest BCUT2D eigenvalue weighted by Crippen LogP contribution is 2.04. The zero-order chi connectivity index (χ0) is 16.7. The second-order valence-corrected chi connectivity index (χ2v) is 5.81. The van der Waals surface area contributed by atoms with E-state index in [2.05, 4.69) is 17.4 Å². The summed E-state index contributed by atoms with van der Waals surface area (Å²) in [5, 5.41) is 3.00. The molecule has 0 unspecified atom stereocenters. The fourth-order valence-corrected chi connectivity index (χ4v) is 2.41. The van der Waals surface area contributed by atoms with Gasteiger partial charge in [-0.15, -0.1) is 0 Å². The van der Waals surface area contributed by atoms with Crippen LogP contribution in [0.4, 0.5) is 0 Å². The summed E-state index contributed by atoms with van der Waals surface area (Å²) < 4.78 is 1.73. The number of aromatic nitrogens is 1. The molecule has 0 radical (unpaired) electrons. The quantitative estimate of drug-likeness (QED) is 0.630. The van der Waals surface area contributed by atoms with Crippen molar-refractivity contribution in [2.24, 2.45) is 0 Å². The molecule has 0 aliphatic heterocycles. The molecule has 2 aromatic rings. The maximum absolute atomic E-state index is 12.1. The molecular weight excluding hydrogens is 288 g/mol. The van der Waals surface area contributed by atoms with Gasteiger partial charge in [0.25, 0.3) is 5.91 Å². The van der Waals surface area contributed by atoms with E-state index in [0.29, 0.717) is 5.56 Å². The number of aryl methyl sites for hydroxylation is 1. The fraction of sp³-hybridized carbons (Fsp3) is 0.316. The number of carbonyl (C=O) groups is 2. The molecule has 1 aromatic heterocycles. The molecule has 4 heteroatoms. The lowest BCUT2D eigenvalue weighted by Gasteiger charge is -2.12. The topological polar surface area (TPSA) is 50.0 Å². The Balaban J connectivity index is 1.82. The van der Waals surface area contributed by atoms with Crippen LogP contribution in [0.3, 0.4) is 0 Å². The highest BCUT2D eigenvalue weighted by atomic mass is 16.2. The number of hydrogen-bond donors (Lipinski definition) is 1. The molecule has 23 heavy (non-hydrogen) atoms. The lowest BCUT2D eigenvalue weighted by atomic mass is 10.1. The number of rotatable bonds is 7. The Bertz CT molecular complexity index is 668. The van der Waals surface area contributed by atoms with Crippen LogP contribution in [0.2, 0.25) is 0 Å². The third kappa shape index (κ3) is 5.66. The van der Waals surface area contributed by atoms with Crippen LogP contribution in [-0.2, 0) is 17.8 Å². The number of carbonyl (C=O) groups excluding carboxylic acids is 2. The predicted octanol–water partition coefficient (Wildman–Crippen LogP) is 2.31. The van der Waals surface area contributed by atoms with Crippen molar-refractivity contribution in [3.63, 3.8) is 0 Å². The second kappa shape index (κ2) is 8.22. The third-order valence-corrected chi connectivity index (χ3v) is 3.71. The molecule has 4 nitrogen and oxygen atoms in total. The predicted molar refractivity (Wildman–Crippen MR) is 89.0 cm³/mol. The van der Waals surface area contributed by atoms with Crippen molar-refractivity contribution in [1.82, 2.24) is 5.32 Å². The smallest absolute Gasteiger partial charge is 0.286 e. The van der Waals surface area contributed by atoms with E-state index in [1.807, 2.05) is 25.1 Å². The number of nitrogens with one attached hydrogen (secondary N) is 1. The van der Waals surface area contributed by atoms with Gasteiger partial charge in [0.15, 0.2) is 18.2 Å². The van der Waals surface area contributed by atoms with Gasteiger partial charge in [0.05, 0.1) is 5.56 Å². The first-order valence-corrected chi connectivity index (χ1v) is 7.88. The average Bonchev–Trinajstić information content (AvgIpc) is 2.54. The SMILES string of the molecule is CC(=O)c1ccc[n+](CC(=O)N[C@@H](C)CCc2ccccc2)c1. The van der Waals surface area contributed by atoms with Crippen LogP contribution in [-0.4, -0.2) is 17.7 Å². The van der Waals surface area contributed by atoms with Crippen molar-refractivity contribution in [2.75, 3.05) is 0 Å². The third-order valence-electron chi connectivity index (χ3n) is 3.71. The van der Waals surface area contributed by atoms with E-state index in [1.54, 1.807) is 29.1 Å². The van der Waals surface area contributed by atoms with E-state index < -0.39 is 0 Å². The zero-order valence-corrected chi connectivity index (χ0v) is 13.7. The van der Waals surface area contributed by atoms with Crippen LogP contribution in [0.15, 0.2) is 54.9 Å². The second-order valence-electron chi connectivity index (χ2n) is 5.81. The molecule has 0 saturated heterocycles. The van der Waals surface area contributed by atoms with Crippen molar-refractivity contribution in [1.29, 1.82) is 0 Å². The summed E-state index contributed by atoms with van der Waals surface area (Å²) in [5.41, 5.74) is 1.88. The number of amides is 1. The molecule has 1 aromatic carbocycles. The number of Topliss-reactive ketones (excluding diaryl/α,β-unsaturated/α-hetero) is 1. The minimum Gasteiger partial charge on any atom is -0.348 e. The maximum atomic E-state index is 12.1. The van der Waals surface area contributed by atoms with Gasteiger partial charge in [-0.3, -0.25) is 9.59 Å². The van der Waals surface area contributed by atoms with Crippen LogP contribution < -0.4 is 9.88 Å². The highest BCUT2D eigenvalue weighted by Gasteiger charge is 2.13. The first-order valence-electron chi connectivity index (χ1n) is 7.88. The molecule has 1 amide bonds. The Labute approximate surface area is 137 Å². The minimum atomic E-state index is -0.0451. The molecular formula is C19H23N2O2+. The number of benzene rings is 1. The summed E-state index contributed by atoms with van der Waals surface area (Å²) in [6.45, 7) is 3.75. The van der Waals surface area contributed by atoms with E-state index in [9.17, 15) is 9.59 Å². The molecule has 0 saturated carbocycles. The Morgan fingerprint density at radius 2 is 1.87 bits per heavy atom. The van der Waals surface area contributed by atoms with E-state index in [0.717, 1.165) is 12.8 Å².